The normalized spacial score (nSPS) is 13.2. The first-order valence-electron chi connectivity index (χ1n) is 16.1. The van der Waals surface area contributed by atoms with Gasteiger partial charge in [-0.15, -0.1) is 0 Å². The van der Waals surface area contributed by atoms with Crippen molar-refractivity contribution in [3.8, 4) is 11.5 Å². The average molecular weight is 578 g/mol. The molecule has 2 N–H and O–H groups in total. The molecule has 0 aromatic heterocycles. The van der Waals surface area contributed by atoms with Crippen molar-refractivity contribution in [2.45, 2.75) is 91.4 Å². The number of aliphatic hydroxyl groups excluding tert-OH is 2. The van der Waals surface area contributed by atoms with Gasteiger partial charge in [-0.25, -0.2) is 0 Å². The van der Waals surface area contributed by atoms with Gasteiger partial charge in [-0.2, -0.15) is 0 Å². The third-order valence-corrected chi connectivity index (χ3v) is 7.78. The number of benzene rings is 2. The van der Waals surface area contributed by atoms with E-state index in [1.54, 1.807) is 0 Å². The maximum atomic E-state index is 9.97. The van der Waals surface area contributed by atoms with E-state index in [0.717, 1.165) is 74.6 Å². The van der Waals surface area contributed by atoms with Crippen LogP contribution in [-0.2, 0) is 6.42 Å². The van der Waals surface area contributed by atoms with Crippen molar-refractivity contribution in [1.29, 1.82) is 0 Å². The lowest BCUT2D eigenvalue weighted by Gasteiger charge is -2.35. The van der Waals surface area contributed by atoms with Crippen molar-refractivity contribution >= 4 is 11.5 Å². The summed E-state index contributed by atoms with van der Waals surface area (Å²) in [4.78, 5) is 2.21. The highest BCUT2D eigenvalue weighted by molar-refractivity contribution is 5.72. The number of nitrogens with zero attached hydrogens (tertiary/aromatic N) is 1. The van der Waals surface area contributed by atoms with E-state index in [-0.39, 0.29) is 17.4 Å². The van der Waals surface area contributed by atoms with Gasteiger partial charge < -0.3 is 24.6 Å². The molecule has 1 aliphatic rings. The van der Waals surface area contributed by atoms with Crippen LogP contribution in [0.25, 0.3) is 11.5 Å². The Hall–Kier alpha value is -3.34. The van der Waals surface area contributed by atoms with E-state index in [4.69, 9.17) is 9.47 Å². The molecule has 0 atom stereocenters. The standard InChI is InChI=1S/C35H49NO4.C2H6/c1-5-6-7-8-9-10-11-24-39-33-17-14-30(15-18-33)13-12-25-40-35-19-16-32(29(4)38)26-34(35)27(2)36-22-20-31(21-23-36)28(3)37;1-2/h14-19,26,31,37-38H,2-13,20-25H2,1H3;1-2H3. The van der Waals surface area contributed by atoms with Crippen LogP contribution < -0.4 is 9.47 Å². The van der Waals surface area contributed by atoms with Crippen LogP contribution in [0.2, 0.25) is 0 Å². The minimum atomic E-state index is 0.0192. The van der Waals surface area contributed by atoms with E-state index in [1.165, 1.54) is 44.1 Å². The van der Waals surface area contributed by atoms with Gasteiger partial charge in [0.05, 0.1) is 19.0 Å². The summed E-state index contributed by atoms with van der Waals surface area (Å²) in [6, 6.07) is 14.0. The number of aryl methyl sites for hydroxylation is 1. The van der Waals surface area contributed by atoms with E-state index < -0.39 is 0 Å². The highest BCUT2D eigenvalue weighted by Crippen LogP contribution is 2.33. The zero-order chi connectivity index (χ0) is 30.7. The second kappa shape index (κ2) is 19.7. The molecule has 0 bridgehead atoms. The highest BCUT2D eigenvalue weighted by Gasteiger charge is 2.24. The maximum absolute atomic E-state index is 9.97. The summed E-state index contributed by atoms with van der Waals surface area (Å²) >= 11 is 0. The Morgan fingerprint density at radius 3 is 2.05 bits per heavy atom. The van der Waals surface area contributed by atoms with Crippen LogP contribution in [0.4, 0.5) is 0 Å². The summed E-state index contributed by atoms with van der Waals surface area (Å²) in [5.41, 5.74) is 3.62. The van der Waals surface area contributed by atoms with Crippen LogP contribution in [0, 0.1) is 5.92 Å². The third-order valence-electron chi connectivity index (χ3n) is 7.78. The second-order valence-corrected chi connectivity index (χ2v) is 10.9. The van der Waals surface area contributed by atoms with Gasteiger partial charge in [-0.3, -0.25) is 0 Å². The lowest BCUT2D eigenvalue weighted by Crippen LogP contribution is -2.32. The van der Waals surface area contributed by atoms with Crippen LogP contribution in [0.1, 0.15) is 102 Å². The number of hydrogen-bond donors (Lipinski definition) is 2. The molecule has 232 valence electrons. The van der Waals surface area contributed by atoms with E-state index in [9.17, 15) is 10.2 Å². The number of rotatable bonds is 18. The maximum Gasteiger partial charge on any atom is 0.128 e. The van der Waals surface area contributed by atoms with Gasteiger partial charge in [0.1, 0.15) is 17.3 Å². The monoisotopic (exact) mass is 577 g/mol. The predicted molar refractivity (Wildman–Crippen MR) is 178 cm³/mol. The Morgan fingerprint density at radius 1 is 0.810 bits per heavy atom. The molecule has 0 amide bonds. The van der Waals surface area contributed by atoms with Crippen molar-refractivity contribution < 1.29 is 19.7 Å². The summed E-state index contributed by atoms with van der Waals surface area (Å²) in [5.74, 6) is 2.10. The molecule has 0 spiro atoms. The van der Waals surface area contributed by atoms with Crippen molar-refractivity contribution in [2.75, 3.05) is 26.3 Å². The quantitative estimate of drug-likeness (QED) is 0.136. The van der Waals surface area contributed by atoms with Crippen LogP contribution in [0.3, 0.4) is 0 Å². The molecule has 0 radical (unpaired) electrons. The molecule has 1 fully saturated rings. The number of allylic oxidation sites excluding steroid dienone is 1. The zero-order valence-corrected chi connectivity index (χ0v) is 26.5. The lowest BCUT2D eigenvalue weighted by atomic mass is 9.94. The molecule has 0 saturated carbocycles. The first-order chi connectivity index (χ1) is 20.4. The number of hydrogen-bond acceptors (Lipinski definition) is 5. The fourth-order valence-electron chi connectivity index (χ4n) is 5.17. The summed E-state index contributed by atoms with van der Waals surface area (Å²) < 4.78 is 12.1. The summed E-state index contributed by atoms with van der Waals surface area (Å²) in [6.07, 6.45) is 12.5. The number of piperidine rings is 1. The number of aliphatic hydroxyl groups is 2. The van der Waals surface area contributed by atoms with E-state index in [1.807, 2.05) is 32.0 Å². The molecule has 1 heterocycles. The largest absolute Gasteiger partial charge is 0.513 e. The second-order valence-electron chi connectivity index (χ2n) is 10.9. The number of ether oxygens (including phenoxy) is 2. The average Bonchev–Trinajstić information content (AvgIpc) is 3.02. The third kappa shape index (κ3) is 11.9. The Kier molecular flexibility index (Phi) is 16.4. The van der Waals surface area contributed by atoms with Crippen LogP contribution in [0.5, 0.6) is 11.5 Å². The van der Waals surface area contributed by atoms with E-state index >= 15 is 0 Å². The Morgan fingerprint density at radius 2 is 1.43 bits per heavy atom. The SMILES string of the molecule is C=C(O)c1ccc(OCCCc2ccc(OCCCCCCCCC)cc2)c(C(=C)N2CCC(C(=C)O)CC2)c1.CC. The number of unbranched alkanes of at least 4 members (excludes halogenated alkanes) is 6. The molecule has 2 aromatic carbocycles. The predicted octanol–water partition coefficient (Wildman–Crippen LogP) is 10.1. The lowest BCUT2D eigenvalue weighted by molar-refractivity contribution is 0.224. The topological polar surface area (TPSA) is 62.2 Å². The fourth-order valence-corrected chi connectivity index (χ4v) is 5.17. The van der Waals surface area contributed by atoms with Crippen LogP contribution in [0.15, 0.2) is 68.0 Å². The molecule has 1 aliphatic heterocycles. The van der Waals surface area contributed by atoms with Crippen molar-refractivity contribution in [3.05, 3.63) is 84.7 Å². The summed E-state index contributed by atoms with van der Waals surface area (Å²) in [5, 5.41) is 19.7. The first kappa shape index (κ1) is 34.9. The van der Waals surface area contributed by atoms with Gasteiger partial charge >= 0.3 is 0 Å². The molecule has 42 heavy (non-hydrogen) atoms. The molecule has 3 rings (SSSR count). The fraction of sp³-hybridized carbons (Fsp3) is 0.514. The molecule has 2 aromatic rings. The van der Waals surface area contributed by atoms with Gasteiger partial charge in [-0.1, -0.05) is 91.2 Å². The molecular formula is C37H55NO4. The summed E-state index contributed by atoms with van der Waals surface area (Å²) in [6.45, 7) is 20.9. The molecule has 5 nitrogen and oxygen atoms in total. The Balaban J connectivity index is 0.00000301. The van der Waals surface area contributed by atoms with E-state index in [0.29, 0.717) is 12.2 Å². The molecule has 5 heteroatoms. The molecule has 1 saturated heterocycles. The molecule has 0 unspecified atom stereocenters. The van der Waals surface area contributed by atoms with Crippen molar-refractivity contribution in [1.82, 2.24) is 4.90 Å². The molecular weight excluding hydrogens is 522 g/mol. The van der Waals surface area contributed by atoms with Gasteiger partial charge in [0.25, 0.3) is 0 Å². The first-order valence-corrected chi connectivity index (χ1v) is 16.1. The van der Waals surface area contributed by atoms with Gasteiger partial charge in [0, 0.05) is 35.8 Å². The van der Waals surface area contributed by atoms with Gasteiger partial charge in [-0.05, 0) is 68.0 Å². The van der Waals surface area contributed by atoms with Crippen molar-refractivity contribution in [3.63, 3.8) is 0 Å². The minimum absolute atomic E-state index is 0.0192. The Labute approximate surface area is 255 Å². The van der Waals surface area contributed by atoms with Crippen LogP contribution >= 0.6 is 0 Å². The van der Waals surface area contributed by atoms with Crippen LogP contribution in [-0.4, -0.2) is 41.4 Å². The van der Waals surface area contributed by atoms with E-state index in [2.05, 4.69) is 55.8 Å². The summed E-state index contributed by atoms with van der Waals surface area (Å²) in [7, 11) is 0. The Bertz CT molecular complexity index is 1080. The van der Waals surface area contributed by atoms with Crippen molar-refractivity contribution in [2.24, 2.45) is 5.92 Å². The van der Waals surface area contributed by atoms with Gasteiger partial charge in [0.2, 0.25) is 0 Å². The van der Waals surface area contributed by atoms with Gasteiger partial charge in [0.15, 0.2) is 0 Å². The smallest absolute Gasteiger partial charge is 0.128 e. The number of likely N-dealkylation sites (tertiary alicyclic amines) is 1. The molecule has 0 aliphatic carbocycles. The minimum Gasteiger partial charge on any atom is -0.513 e. The zero-order valence-electron chi connectivity index (χ0n) is 26.5. The highest BCUT2D eigenvalue weighted by atomic mass is 16.5.